The lowest BCUT2D eigenvalue weighted by Crippen LogP contribution is -2.03. The average molecular weight is 820 g/mol. The van der Waals surface area contributed by atoms with E-state index < -0.39 is 73.2 Å². The quantitative estimate of drug-likeness (QED) is 0.0390. The molecule has 8 N–H and O–H groups in total. The number of fused-ring (bicyclic) bond motifs is 1. The first kappa shape index (κ1) is 39.0. The van der Waals surface area contributed by atoms with Crippen LogP contribution in [0.15, 0.2) is 149 Å². The Morgan fingerprint density at radius 1 is 0.482 bits per heavy atom. The third kappa shape index (κ3) is 8.49. The third-order valence-electron chi connectivity index (χ3n) is 7.84. The van der Waals surface area contributed by atoms with Gasteiger partial charge in [0.15, 0.2) is 5.75 Å². The molecule has 0 spiro atoms. The number of hydrogen-bond donors (Lipinski definition) is 7. The van der Waals surface area contributed by atoms with Crippen molar-refractivity contribution >= 4 is 80.9 Å². The summed E-state index contributed by atoms with van der Waals surface area (Å²) in [4.78, 5) is -2.44. The summed E-state index contributed by atoms with van der Waals surface area (Å²) in [6, 6.07) is 22.7. The predicted octanol–water partition coefficient (Wildman–Crippen LogP) is 8.19. The molecule has 0 fully saturated rings. The Hall–Kier alpha value is -6.69. The Balaban J connectivity index is 1.33. The molecule has 0 aliphatic heterocycles. The second kappa shape index (κ2) is 14.9. The van der Waals surface area contributed by atoms with Crippen molar-refractivity contribution in [3.8, 4) is 28.4 Å². The van der Waals surface area contributed by atoms with Crippen LogP contribution in [0.4, 0.5) is 39.8 Å². The summed E-state index contributed by atoms with van der Waals surface area (Å²) in [6.07, 6.45) is 0. The van der Waals surface area contributed by atoms with Gasteiger partial charge in [0, 0.05) is 6.07 Å². The van der Waals surface area contributed by atoms with Crippen molar-refractivity contribution in [2.24, 2.45) is 30.7 Å². The Bertz CT molecular complexity index is 2960. The number of nitrogen functional groups attached to an aromatic ring is 1. The number of aromatic hydroxyl groups is 3. The van der Waals surface area contributed by atoms with E-state index in [0.717, 1.165) is 53.6 Å². The van der Waals surface area contributed by atoms with Gasteiger partial charge in [0.05, 0.1) is 33.0 Å². The summed E-state index contributed by atoms with van der Waals surface area (Å²) < 4.78 is 101. The smallest absolute Gasteiger partial charge is 0.296 e. The number of hydrogen-bond acceptors (Lipinski definition) is 16. The molecule has 0 heterocycles. The lowest BCUT2D eigenvalue weighted by Gasteiger charge is -2.14. The van der Waals surface area contributed by atoms with Gasteiger partial charge in [-0.3, -0.25) is 13.7 Å². The first-order valence-electron chi connectivity index (χ1n) is 15.4. The van der Waals surface area contributed by atoms with Gasteiger partial charge in [0.2, 0.25) is 0 Å². The highest BCUT2D eigenvalue weighted by Crippen LogP contribution is 2.48. The van der Waals surface area contributed by atoms with E-state index in [9.17, 15) is 54.2 Å². The molecule has 0 bridgehead atoms. The van der Waals surface area contributed by atoms with Gasteiger partial charge in [-0.2, -0.15) is 40.6 Å². The summed E-state index contributed by atoms with van der Waals surface area (Å²) in [7, 11) is -14.8. The fourth-order valence-corrected chi connectivity index (χ4v) is 6.96. The van der Waals surface area contributed by atoms with Crippen molar-refractivity contribution in [3.63, 3.8) is 0 Å². The zero-order chi connectivity index (χ0) is 40.6. The van der Waals surface area contributed by atoms with Crippen LogP contribution in [0.5, 0.6) is 17.2 Å². The van der Waals surface area contributed by atoms with E-state index in [1.54, 1.807) is 36.4 Å². The van der Waals surface area contributed by atoms with Crippen molar-refractivity contribution in [3.05, 3.63) is 103 Å². The number of phenols is 3. The molecule has 0 aliphatic carbocycles. The van der Waals surface area contributed by atoms with Crippen LogP contribution in [-0.4, -0.2) is 54.2 Å². The molecule has 0 aliphatic rings. The molecule has 6 aromatic rings. The molecule has 0 radical (unpaired) electrons. The second-order valence-corrected chi connectivity index (χ2v) is 15.8. The van der Waals surface area contributed by atoms with Crippen molar-refractivity contribution in [1.82, 2.24) is 0 Å². The number of benzene rings is 6. The monoisotopic (exact) mass is 819 g/mol. The fraction of sp³-hybridized carbons (Fsp3) is 0. The van der Waals surface area contributed by atoms with Crippen LogP contribution in [0.1, 0.15) is 0 Å². The number of nitrogens with two attached hydrogens (primary N) is 1. The van der Waals surface area contributed by atoms with Gasteiger partial charge in [0.25, 0.3) is 30.4 Å². The molecular formula is C34H25N7O12S3. The molecule has 6 rings (SSSR count). The molecule has 286 valence electrons. The van der Waals surface area contributed by atoms with Crippen molar-refractivity contribution in [1.29, 1.82) is 0 Å². The fourth-order valence-electron chi connectivity index (χ4n) is 5.15. The van der Waals surface area contributed by atoms with Gasteiger partial charge in [-0.25, -0.2) is 0 Å². The van der Waals surface area contributed by atoms with Gasteiger partial charge in [0.1, 0.15) is 38.4 Å². The van der Waals surface area contributed by atoms with Crippen molar-refractivity contribution in [2.75, 3.05) is 5.73 Å². The molecule has 19 nitrogen and oxygen atoms in total. The lowest BCUT2D eigenvalue weighted by atomic mass is 10.0. The largest absolute Gasteiger partial charge is 0.508 e. The van der Waals surface area contributed by atoms with Crippen LogP contribution >= 0.6 is 0 Å². The van der Waals surface area contributed by atoms with E-state index in [-0.39, 0.29) is 33.9 Å². The molecule has 0 saturated carbocycles. The van der Waals surface area contributed by atoms with Crippen LogP contribution in [0.3, 0.4) is 0 Å². The van der Waals surface area contributed by atoms with Gasteiger partial charge < -0.3 is 21.1 Å². The molecule has 6 aromatic carbocycles. The lowest BCUT2D eigenvalue weighted by molar-refractivity contribution is 0.451. The van der Waals surface area contributed by atoms with E-state index in [1.165, 1.54) is 24.3 Å². The third-order valence-corrected chi connectivity index (χ3v) is 10.4. The maximum absolute atomic E-state index is 12.5. The Labute approximate surface area is 316 Å². The minimum Gasteiger partial charge on any atom is -0.508 e. The summed E-state index contributed by atoms with van der Waals surface area (Å²) in [5.74, 6) is -1.37. The SMILES string of the molecule is Nc1c(N=Nc2ccc(-c3ccc(N=Nc4ccc(O)cc4O)cc3)cc2)c(S(=O)(=O)O)cc2cc(S(=O)(=O)O)c(N=Nc3ccc(S(=O)(=O)O)cc3)c(O)c12. The van der Waals surface area contributed by atoms with E-state index in [0.29, 0.717) is 5.69 Å². The average Bonchev–Trinajstić information content (AvgIpc) is 3.13. The normalized spacial score (nSPS) is 12.7. The number of anilines is 1. The van der Waals surface area contributed by atoms with E-state index >= 15 is 0 Å². The number of phenolic OH excluding ortho intramolecular Hbond substituents is 3. The van der Waals surface area contributed by atoms with Crippen LogP contribution in [0.2, 0.25) is 0 Å². The second-order valence-electron chi connectivity index (χ2n) is 11.6. The van der Waals surface area contributed by atoms with E-state index in [1.807, 2.05) is 0 Å². The van der Waals surface area contributed by atoms with Crippen LogP contribution < -0.4 is 5.73 Å². The standard InChI is InChI=1S/C34H25N7O12S3/c35-31-30-20(16-29(56(51,52)53)33(34(30)44)41-38-23-9-12-25(13-10-23)54(45,46)47)15-28(55(48,49)50)32(31)40-37-22-7-3-19(4-8-22)18-1-5-21(6-2-18)36-39-26-14-11-24(42)17-27(26)43/h1-17,42-44H,35H2,(H,45,46,47)(H,48,49,50)(H,51,52,53). The number of nitrogens with zero attached hydrogens (tertiary/aromatic N) is 6. The first-order chi connectivity index (χ1) is 26.3. The van der Waals surface area contributed by atoms with Crippen LogP contribution in [0, 0.1) is 0 Å². The molecule has 0 saturated heterocycles. The predicted molar refractivity (Wildman–Crippen MR) is 200 cm³/mol. The Morgan fingerprint density at radius 3 is 1.39 bits per heavy atom. The summed E-state index contributed by atoms with van der Waals surface area (Å²) in [6.45, 7) is 0. The van der Waals surface area contributed by atoms with E-state index in [2.05, 4.69) is 30.7 Å². The minimum atomic E-state index is -5.18. The molecular weight excluding hydrogens is 795 g/mol. The summed E-state index contributed by atoms with van der Waals surface area (Å²) in [5, 5.41) is 53.2. The van der Waals surface area contributed by atoms with Crippen molar-refractivity contribution < 1.29 is 54.2 Å². The van der Waals surface area contributed by atoms with Gasteiger partial charge in [-0.1, -0.05) is 24.3 Å². The zero-order valence-corrected chi connectivity index (χ0v) is 30.4. The topological polar surface area (TPSA) is 324 Å². The van der Waals surface area contributed by atoms with Crippen LogP contribution in [-0.2, 0) is 30.4 Å². The maximum Gasteiger partial charge on any atom is 0.296 e. The molecule has 0 unspecified atom stereocenters. The van der Waals surface area contributed by atoms with Crippen molar-refractivity contribution in [2.45, 2.75) is 14.7 Å². The molecule has 0 atom stereocenters. The van der Waals surface area contributed by atoms with Gasteiger partial charge >= 0.3 is 0 Å². The summed E-state index contributed by atoms with van der Waals surface area (Å²) >= 11 is 0. The first-order valence-corrected chi connectivity index (χ1v) is 19.7. The molecule has 0 aromatic heterocycles. The van der Waals surface area contributed by atoms with Crippen LogP contribution in [0.25, 0.3) is 21.9 Å². The Kier molecular flexibility index (Phi) is 10.4. The van der Waals surface area contributed by atoms with Gasteiger partial charge in [-0.05, 0) is 89.3 Å². The molecule has 0 amide bonds. The highest BCUT2D eigenvalue weighted by Gasteiger charge is 2.28. The van der Waals surface area contributed by atoms with E-state index in [4.69, 9.17) is 5.73 Å². The van der Waals surface area contributed by atoms with Gasteiger partial charge in [-0.15, -0.1) is 15.3 Å². The summed E-state index contributed by atoms with van der Waals surface area (Å²) in [5.41, 5.74) is 6.39. The zero-order valence-electron chi connectivity index (χ0n) is 27.9. The highest BCUT2D eigenvalue weighted by atomic mass is 32.2. The number of rotatable bonds is 10. The maximum atomic E-state index is 12.5. The number of azo groups is 3. The highest BCUT2D eigenvalue weighted by molar-refractivity contribution is 7.86. The molecule has 22 heteroatoms. The Morgan fingerprint density at radius 2 is 0.929 bits per heavy atom. The molecule has 56 heavy (non-hydrogen) atoms. The minimum absolute atomic E-state index is 0.0827.